The van der Waals surface area contributed by atoms with Gasteiger partial charge in [-0.05, 0) is 68.6 Å². The number of benzene rings is 2. The lowest BCUT2D eigenvalue weighted by Gasteiger charge is -2.37. The molecule has 0 spiro atoms. The van der Waals surface area contributed by atoms with Crippen molar-refractivity contribution in [2.75, 3.05) is 45.2 Å². The summed E-state index contributed by atoms with van der Waals surface area (Å²) >= 11 is 0. The van der Waals surface area contributed by atoms with Crippen LogP contribution in [0.1, 0.15) is 41.6 Å². The summed E-state index contributed by atoms with van der Waals surface area (Å²) in [6, 6.07) is 6.00. The molecule has 7 N–H and O–H groups in total. The van der Waals surface area contributed by atoms with Gasteiger partial charge < -0.3 is 41.7 Å². The molecule has 0 radical (unpaired) electrons. The van der Waals surface area contributed by atoms with Crippen LogP contribution in [0.2, 0.25) is 0 Å². The molecule has 2 aromatic heterocycles. The number of aromatic nitrogens is 3. The van der Waals surface area contributed by atoms with E-state index in [-0.39, 0.29) is 62.1 Å². The molecular formula is C35H41F2N9O6. The molecule has 1 saturated heterocycles. The summed E-state index contributed by atoms with van der Waals surface area (Å²) < 4.78 is 35.8. The number of carbonyl (C=O) groups is 4. The number of carboxylic acid groups (broad SMARTS) is 1. The number of nitrogens with one attached hydrogen (secondary N) is 2. The number of hydrogen-bond donors (Lipinski definition) is 5. The summed E-state index contributed by atoms with van der Waals surface area (Å²) in [5.41, 5.74) is 13.9. The number of carboxylic acids is 1. The van der Waals surface area contributed by atoms with E-state index in [4.69, 9.17) is 21.3 Å². The van der Waals surface area contributed by atoms with Gasteiger partial charge in [-0.3, -0.25) is 23.6 Å². The Labute approximate surface area is 297 Å². The molecule has 0 saturated carbocycles. The van der Waals surface area contributed by atoms with E-state index in [0.29, 0.717) is 53.4 Å². The normalized spacial score (nSPS) is 14.2. The van der Waals surface area contributed by atoms with Crippen molar-refractivity contribution in [1.29, 1.82) is 0 Å². The lowest BCUT2D eigenvalue weighted by molar-refractivity contribution is -0.139. The van der Waals surface area contributed by atoms with Crippen molar-refractivity contribution in [1.82, 2.24) is 29.5 Å². The first-order valence-corrected chi connectivity index (χ1v) is 16.7. The summed E-state index contributed by atoms with van der Waals surface area (Å²) in [4.78, 5) is 62.4. The zero-order chi connectivity index (χ0) is 37.5. The molecular weight excluding hydrogens is 680 g/mol. The number of hydrogen-bond acceptors (Lipinski definition) is 10. The Bertz CT molecular complexity index is 1960. The van der Waals surface area contributed by atoms with E-state index in [2.05, 4.69) is 20.6 Å². The minimum absolute atomic E-state index is 0.000241. The Kier molecular flexibility index (Phi) is 12.0. The van der Waals surface area contributed by atoms with Crippen molar-refractivity contribution >= 4 is 40.8 Å². The SMILES string of the molecule is COc1ccc(-c2cnc3c(Nc4ccc(C(=O)N5CCN(C(=O)[C@H](CCCN)NC(=O)[C@@H](N)CCC(=O)O)CC5)c(C)c4)nccn23)c(F)c1F. The maximum Gasteiger partial charge on any atom is 0.303 e. The van der Waals surface area contributed by atoms with Crippen LogP contribution in [0.15, 0.2) is 48.9 Å². The second-order valence-electron chi connectivity index (χ2n) is 12.4. The third kappa shape index (κ3) is 8.26. The fourth-order valence-electron chi connectivity index (χ4n) is 6.00. The number of rotatable bonds is 14. The van der Waals surface area contributed by atoms with Crippen LogP contribution in [0.5, 0.6) is 5.75 Å². The number of nitrogens with zero attached hydrogens (tertiary/aromatic N) is 5. The van der Waals surface area contributed by atoms with Crippen molar-refractivity contribution in [3.8, 4) is 17.0 Å². The van der Waals surface area contributed by atoms with E-state index in [1.54, 1.807) is 45.5 Å². The average molecular weight is 722 g/mol. The molecule has 4 aromatic rings. The standard InChI is InChI=1S/C35H41F2N9O6/c1-20-18-21(42-31-32-41-19-26(46(32)13-12-40-31)23-7-9-27(52-2)30(37)29(23)36)5-6-22(20)34(50)44-14-16-45(17-15-44)35(51)25(4-3-11-38)43-33(49)24(39)8-10-28(47)48/h5-7,9,12-13,18-19,24-25H,3-4,8,10-11,14-17,38-39H2,1-2H3,(H,40,42)(H,43,49)(H,47,48)/t24-,25-/m0/s1. The van der Waals surface area contributed by atoms with Crippen LogP contribution in [-0.4, -0.2) is 105 Å². The minimum Gasteiger partial charge on any atom is -0.494 e. The number of imidazole rings is 1. The number of nitrogens with two attached hydrogens (primary N) is 2. The molecule has 0 bridgehead atoms. The molecule has 1 aliphatic heterocycles. The smallest absolute Gasteiger partial charge is 0.303 e. The molecule has 5 rings (SSSR count). The summed E-state index contributed by atoms with van der Waals surface area (Å²) in [5.74, 6) is -4.24. The van der Waals surface area contributed by atoms with Gasteiger partial charge in [-0.2, -0.15) is 4.39 Å². The Hall–Kier alpha value is -5.68. The van der Waals surface area contributed by atoms with Crippen molar-refractivity contribution in [3.05, 3.63) is 71.7 Å². The number of fused-ring (bicyclic) bond motifs is 1. The number of anilines is 2. The Morgan fingerprint density at radius 2 is 1.75 bits per heavy atom. The molecule has 1 aliphatic rings. The number of methoxy groups -OCH3 is 1. The van der Waals surface area contributed by atoms with Gasteiger partial charge in [0.1, 0.15) is 6.04 Å². The highest BCUT2D eigenvalue weighted by molar-refractivity contribution is 5.96. The van der Waals surface area contributed by atoms with E-state index >= 15 is 0 Å². The first kappa shape index (κ1) is 37.6. The van der Waals surface area contributed by atoms with Gasteiger partial charge in [0, 0.05) is 61.8 Å². The van der Waals surface area contributed by atoms with Crippen molar-refractivity contribution in [2.45, 2.75) is 44.7 Å². The van der Waals surface area contributed by atoms with E-state index in [1.807, 2.05) is 0 Å². The molecule has 3 amide bonds. The number of amides is 3. The van der Waals surface area contributed by atoms with Gasteiger partial charge in [-0.25, -0.2) is 14.4 Å². The zero-order valence-corrected chi connectivity index (χ0v) is 28.8. The lowest BCUT2D eigenvalue weighted by atomic mass is 10.1. The molecule has 0 unspecified atom stereocenters. The average Bonchev–Trinajstić information content (AvgIpc) is 3.57. The Morgan fingerprint density at radius 1 is 1.02 bits per heavy atom. The number of aryl methyl sites for hydroxylation is 1. The number of halogens is 2. The second kappa shape index (κ2) is 16.6. The van der Waals surface area contributed by atoms with Gasteiger partial charge in [-0.1, -0.05) is 0 Å². The minimum atomic E-state index is -1.10. The highest BCUT2D eigenvalue weighted by atomic mass is 19.2. The topological polar surface area (TPSA) is 211 Å². The first-order valence-electron chi connectivity index (χ1n) is 16.7. The third-order valence-electron chi connectivity index (χ3n) is 8.89. The Balaban J connectivity index is 1.22. The molecule has 276 valence electrons. The molecule has 52 heavy (non-hydrogen) atoms. The van der Waals surface area contributed by atoms with E-state index in [9.17, 15) is 28.0 Å². The van der Waals surface area contributed by atoms with Crippen LogP contribution >= 0.6 is 0 Å². The van der Waals surface area contributed by atoms with Gasteiger partial charge in [0.15, 0.2) is 23.0 Å². The summed E-state index contributed by atoms with van der Waals surface area (Å²) in [6.07, 6.45) is 4.93. The van der Waals surface area contributed by atoms with Crippen molar-refractivity contribution in [2.24, 2.45) is 11.5 Å². The summed E-state index contributed by atoms with van der Waals surface area (Å²) in [5, 5.41) is 14.7. The molecule has 2 atom stereocenters. The van der Waals surface area contributed by atoms with Crippen molar-refractivity contribution in [3.63, 3.8) is 0 Å². The quantitative estimate of drug-likeness (QED) is 0.128. The number of piperazine rings is 1. The van der Waals surface area contributed by atoms with Crippen molar-refractivity contribution < 1.29 is 37.8 Å². The van der Waals surface area contributed by atoms with E-state index in [1.165, 1.54) is 31.6 Å². The van der Waals surface area contributed by atoms with Crippen LogP contribution in [-0.2, 0) is 14.4 Å². The zero-order valence-electron chi connectivity index (χ0n) is 28.8. The summed E-state index contributed by atoms with van der Waals surface area (Å²) in [7, 11) is 1.26. The fourth-order valence-corrected chi connectivity index (χ4v) is 6.00. The van der Waals surface area contributed by atoms with Crippen LogP contribution in [0.3, 0.4) is 0 Å². The molecule has 1 fully saturated rings. The van der Waals surface area contributed by atoms with Gasteiger partial charge in [-0.15, -0.1) is 0 Å². The highest BCUT2D eigenvalue weighted by Gasteiger charge is 2.31. The maximum atomic E-state index is 14.9. The number of carbonyl (C=O) groups excluding carboxylic acids is 3. The van der Waals surface area contributed by atoms with Gasteiger partial charge in [0.05, 0.1) is 25.0 Å². The first-order chi connectivity index (χ1) is 24.9. The van der Waals surface area contributed by atoms with Crippen LogP contribution in [0.4, 0.5) is 20.3 Å². The fraction of sp³-hybridized carbons (Fsp3) is 0.371. The molecule has 0 aliphatic carbocycles. The largest absolute Gasteiger partial charge is 0.494 e. The second-order valence-corrected chi connectivity index (χ2v) is 12.4. The predicted molar refractivity (Wildman–Crippen MR) is 187 cm³/mol. The van der Waals surface area contributed by atoms with Crippen LogP contribution < -0.4 is 26.8 Å². The molecule has 3 heterocycles. The van der Waals surface area contributed by atoms with Gasteiger partial charge in [0.25, 0.3) is 5.91 Å². The van der Waals surface area contributed by atoms with Gasteiger partial charge >= 0.3 is 5.97 Å². The highest BCUT2D eigenvalue weighted by Crippen LogP contribution is 2.32. The molecule has 2 aromatic carbocycles. The van der Waals surface area contributed by atoms with Crippen LogP contribution in [0.25, 0.3) is 16.9 Å². The van der Waals surface area contributed by atoms with Crippen LogP contribution in [0, 0.1) is 18.6 Å². The molecule has 15 nitrogen and oxygen atoms in total. The lowest BCUT2D eigenvalue weighted by Crippen LogP contribution is -2.57. The predicted octanol–water partition coefficient (Wildman–Crippen LogP) is 2.44. The monoisotopic (exact) mass is 721 g/mol. The summed E-state index contributed by atoms with van der Waals surface area (Å²) in [6.45, 7) is 3.15. The third-order valence-corrected chi connectivity index (χ3v) is 8.89. The molecule has 17 heteroatoms. The van der Waals surface area contributed by atoms with E-state index in [0.717, 1.165) is 0 Å². The van der Waals surface area contributed by atoms with E-state index < -0.39 is 35.6 Å². The number of aliphatic carboxylic acids is 1. The Morgan fingerprint density at radius 3 is 2.42 bits per heavy atom. The maximum absolute atomic E-state index is 14.9. The van der Waals surface area contributed by atoms with Gasteiger partial charge in [0.2, 0.25) is 17.6 Å². The number of ether oxygens (including phenoxy) is 1.